The van der Waals surface area contributed by atoms with Gasteiger partial charge in [-0.25, -0.2) is 0 Å². The van der Waals surface area contributed by atoms with Gasteiger partial charge >= 0.3 is 5.97 Å². The quantitative estimate of drug-likeness (QED) is 0.517. The number of methoxy groups -OCH3 is 1. The number of hydrogen-bond donors (Lipinski definition) is 4. The van der Waals surface area contributed by atoms with Crippen molar-refractivity contribution in [2.45, 2.75) is 50.3 Å². The molecule has 2 aliphatic carbocycles. The van der Waals surface area contributed by atoms with Gasteiger partial charge in [0, 0.05) is 12.0 Å². The van der Waals surface area contributed by atoms with Gasteiger partial charge in [0.2, 0.25) is 11.8 Å². The summed E-state index contributed by atoms with van der Waals surface area (Å²) in [5, 5.41) is 25.4. The van der Waals surface area contributed by atoms with Crippen LogP contribution in [0.2, 0.25) is 0 Å². The summed E-state index contributed by atoms with van der Waals surface area (Å²) in [6.45, 7) is 0. The number of esters is 1. The Morgan fingerprint density at radius 1 is 1.11 bits per heavy atom. The van der Waals surface area contributed by atoms with Crippen LogP contribution >= 0.6 is 0 Å². The molecule has 0 aliphatic heterocycles. The van der Waals surface area contributed by atoms with Crippen LogP contribution in [0.3, 0.4) is 0 Å². The fourth-order valence-electron chi connectivity index (χ4n) is 3.91. The number of carbonyl (C=O) groups is 3. The van der Waals surface area contributed by atoms with Crippen LogP contribution in [0.15, 0.2) is 24.3 Å². The van der Waals surface area contributed by atoms with E-state index < -0.39 is 12.1 Å². The maximum absolute atomic E-state index is 12.4. The number of hydrogen-bond acceptors (Lipinski definition) is 6. The van der Waals surface area contributed by atoms with Crippen molar-refractivity contribution >= 4 is 17.8 Å². The van der Waals surface area contributed by atoms with E-state index in [1.54, 1.807) is 12.1 Å². The van der Waals surface area contributed by atoms with Crippen LogP contribution in [0, 0.1) is 11.8 Å². The highest BCUT2D eigenvalue weighted by Crippen LogP contribution is 2.31. The zero-order valence-electron chi connectivity index (χ0n) is 15.8. The average molecular weight is 390 g/mol. The smallest absolute Gasteiger partial charge is 0.308 e. The van der Waals surface area contributed by atoms with Gasteiger partial charge in [-0.2, -0.15) is 0 Å². The summed E-state index contributed by atoms with van der Waals surface area (Å²) >= 11 is 0. The SMILES string of the molecule is COC(=O)C1CC(NC(=O)[C@@H]2C[C@@H](O)[C@H](NC(=O)Cc3cccc(O)c3)C2)C1. The number of aromatic hydroxyl groups is 1. The van der Waals surface area contributed by atoms with E-state index in [0.717, 1.165) is 0 Å². The zero-order valence-corrected chi connectivity index (χ0v) is 15.8. The van der Waals surface area contributed by atoms with E-state index in [0.29, 0.717) is 24.8 Å². The third kappa shape index (κ3) is 4.81. The lowest BCUT2D eigenvalue weighted by molar-refractivity contribution is -0.150. The van der Waals surface area contributed by atoms with Gasteiger partial charge in [0.25, 0.3) is 0 Å². The van der Waals surface area contributed by atoms with Crippen LogP contribution in [0.5, 0.6) is 5.75 Å². The van der Waals surface area contributed by atoms with Gasteiger partial charge < -0.3 is 25.6 Å². The Bertz CT molecular complexity index is 746. The summed E-state index contributed by atoms with van der Waals surface area (Å²) in [5.74, 6) is -1.12. The molecule has 0 radical (unpaired) electrons. The van der Waals surface area contributed by atoms with Crippen LogP contribution in [0.25, 0.3) is 0 Å². The van der Waals surface area contributed by atoms with Gasteiger partial charge in [0.15, 0.2) is 0 Å². The minimum Gasteiger partial charge on any atom is -0.508 e. The molecule has 3 atom stereocenters. The molecule has 0 saturated heterocycles. The molecule has 1 aromatic carbocycles. The Labute approximate surface area is 163 Å². The summed E-state index contributed by atoms with van der Waals surface area (Å²) < 4.78 is 4.68. The Balaban J connectivity index is 1.44. The van der Waals surface area contributed by atoms with Gasteiger partial charge in [-0.15, -0.1) is 0 Å². The summed E-state index contributed by atoms with van der Waals surface area (Å²) in [6.07, 6.45) is 1.09. The van der Waals surface area contributed by atoms with Crippen molar-refractivity contribution in [2.24, 2.45) is 11.8 Å². The summed E-state index contributed by atoms with van der Waals surface area (Å²) in [5.41, 5.74) is 0.671. The molecule has 2 aliphatic rings. The van der Waals surface area contributed by atoms with E-state index in [9.17, 15) is 24.6 Å². The van der Waals surface area contributed by atoms with Gasteiger partial charge in [0.05, 0.1) is 31.6 Å². The monoisotopic (exact) mass is 390 g/mol. The minimum absolute atomic E-state index is 0.0480. The molecule has 1 aromatic rings. The molecule has 152 valence electrons. The molecule has 0 aromatic heterocycles. The second-order valence-electron chi connectivity index (χ2n) is 7.65. The zero-order chi connectivity index (χ0) is 20.3. The number of nitrogens with one attached hydrogen (secondary N) is 2. The maximum atomic E-state index is 12.4. The fraction of sp³-hybridized carbons (Fsp3) is 0.550. The van der Waals surface area contributed by atoms with Gasteiger partial charge in [0.1, 0.15) is 5.75 Å². The van der Waals surface area contributed by atoms with E-state index >= 15 is 0 Å². The van der Waals surface area contributed by atoms with E-state index in [-0.39, 0.29) is 54.3 Å². The predicted molar refractivity (Wildman–Crippen MR) is 99.1 cm³/mol. The first-order chi connectivity index (χ1) is 13.4. The second-order valence-corrected chi connectivity index (χ2v) is 7.65. The fourth-order valence-corrected chi connectivity index (χ4v) is 3.91. The van der Waals surface area contributed by atoms with E-state index in [1.807, 2.05) is 0 Å². The topological polar surface area (TPSA) is 125 Å². The molecule has 28 heavy (non-hydrogen) atoms. The first kappa shape index (κ1) is 20.1. The van der Waals surface area contributed by atoms with Crippen LogP contribution in [0.4, 0.5) is 0 Å². The molecule has 2 saturated carbocycles. The van der Waals surface area contributed by atoms with E-state index in [4.69, 9.17) is 0 Å². The largest absolute Gasteiger partial charge is 0.508 e. The molecule has 2 amide bonds. The molecule has 0 heterocycles. The number of phenols is 1. The van der Waals surface area contributed by atoms with Gasteiger partial charge in [-0.1, -0.05) is 12.1 Å². The molecule has 0 bridgehead atoms. The number of carbonyl (C=O) groups excluding carboxylic acids is 3. The highest BCUT2D eigenvalue weighted by molar-refractivity contribution is 5.81. The summed E-state index contributed by atoms with van der Waals surface area (Å²) in [6, 6.07) is 5.91. The minimum atomic E-state index is -0.784. The van der Waals surface area contributed by atoms with E-state index in [2.05, 4.69) is 15.4 Å². The van der Waals surface area contributed by atoms with Gasteiger partial charge in [-0.3, -0.25) is 14.4 Å². The third-order valence-corrected chi connectivity index (χ3v) is 5.54. The highest BCUT2D eigenvalue weighted by Gasteiger charge is 2.41. The first-order valence-corrected chi connectivity index (χ1v) is 9.49. The number of rotatable bonds is 6. The second kappa shape index (κ2) is 8.60. The molecule has 0 unspecified atom stereocenters. The number of aliphatic hydroxyl groups excluding tert-OH is 1. The molecule has 3 rings (SSSR count). The number of ether oxygens (including phenoxy) is 1. The standard InChI is InChI=1S/C20H26N2O6/c1-28-20(27)13-7-14(8-13)21-19(26)12-9-16(17(24)10-12)22-18(25)6-11-3-2-4-15(23)5-11/h2-5,12-14,16-17,23-24H,6-10H2,1H3,(H,21,26)(H,22,25)/t12-,13?,14?,16+,17+/m0/s1. The molecular weight excluding hydrogens is 364 g/mol. The van der Waals surface area contributed by atoms with Crippen molar-refractivity contribution < 1.29 is 29.3 Å². The summed E-state index contributed by atoms with van der Waals surface area (Å²) in [4.78, 5) is 36.0. The van der Waals surface area contributed by atoms with Crippen molar-refractivity contribution in [3.8, 4) is 5.75 Å². The van der Waals surface area contributed by atoms with Crippen LogP contribution in [-0.2, 0) is 25.5 Å². The maximum Gasteiger partial charge on any atom is 0.308 e. The predicted octanol–water partition coefficient (Wildman–Crippen LogP) is 0.258. The normalized spacial score (nSPS) is 28.9. The Morgan fingerprint density at radius 3 is 2.54 bits per heavy atom. The first-order valence-electron chi connectivity index (χ1n) is 9.49. The van der Waals surface area contributed by atoms with Crippen LogP contribution in [0.1, 0.15) is 31.2 Å². The van der Waals surface area contributed by atoms with Crippen molar-refractivity contribution in [3.63, 3.8) is 0 Å². The van der Waals surface area contributed by atoms with E-state index in [1.165, 1.54) is 19.2 Å². The number of aliphatic hydroxyl groups is 1. The molecule has 0 spiro atoms. The van der Waals surface area contributed by atoms with Crippen LogP contribution in [-0.4, -0.2) is 53.3 Å². The van der Waals surface area contributed by atoms with Crippen molar-refractivity contribution in [1.29, 1.82) is 0 Å². The molecule has 2 fully saturated rings. The molecule has 4 N–H and O–H groups in total. The molecule has 8 heteroatoms. The lowest BCUT2D eigenvalue weighted by Gasteiger charge is -2.34. The van der Waals surface area contributed by atoms with Crippen molar-refractivity contribution in [2.75, 3.05) is 7.11 Å². The number of amides is 2. The Morgan fingerprint density at radius 2 is 1.86 bits per heavy atom. The third-order valence-electron chi connectivity index (χ3n) is 5.54. The number of phenolic OH excluding ortho intramolecular Hbond substituents is 1. The highest BCUT2D eigenvalue weighted by atomic mass is 16.5. The average Bonchev–Trinajstić information content (AvgIpc) is 2.97. The van der Waals surface area contributed by atoms with Crippen molar-refractivity contribution in [1.82, 2.24) is 10.6 Å². The Kier molecular flexibility index (Phi) is 6.18. The Hall–Kier alpha value is -2.61. The van der Waals surface area contributed by atoms with Crippen molar-refractivity contribution in [3.05, 3.63) is 29.8 Å². The number of benzene rings is 1. The molecular formula is C20H26N2O6. The van der Waals surface area contributed by atoms with Crippen LogP contribution < -0.4 is 10.6 Å². The van der Waals surface area contributed by atoms with Gasteiger partial charge in [-0.05, 0) is 43.4 Å². The summed E-state index contributed by atoms with van der Waals surface area (Å²) in [7, 11) is 1.35. The molecule has 8 nitrogen and oxygen atoms in total. The lowest BCUT2D eigenvalue weighted by atomic mass is 9.80. The lowest BCUT2D eigenvalue weighted by Crippen LogP contribution is -2.48.